The van der Waals surface area contributed by atoms with Crippen LogP contribution in [0.15, 0.2) is 91.4 Å². The lowest BCUT2D eigenvalue weighted by molar-refractivity contribution is 0.688. The summed E-state index contributed by atoms with van der Waals surface area (Å²) < 4.78 is 1.96. The van der Waals surface area contributed by atoms with Crippen LogP contribution in [0, 0.1) is 0 Å². The fourth-order valence-electron chi connectivity index (χ4n) is 2.77. The highest BCUT2D eigenvalue weighted by Gasteiger charge is 2.05. The first-order valence-corrected chi connectivity index (χ1v) is 7.97. The Hall–Kier alpha value is -3.20. The molecule has 2 aromatic heterocycles. The van der Waals surface area contributed by atoms with Crippen molar-refractivity contribution >= 4 is 0 Å². The maximum absolute atomic E-state index is 4.71. The predicted molar refractivity (Wildman–Crippen MR) is 96.4 cm³/mol. The maximum atomic E-state index is 4.71. The second-order valence-electron chi connectivity index (χ2n) is 5.70. The third-order valence-corrected chi connectivity index (χ3v) is 4.00. The Morgan fingerprint density at radius 1 is 0.708 bits per heavy atom. The van der Waals surface area contributed by atoms with Crippen LogP contribution in [0.1, 0.15) is 5.56 Å². The van der Waals surface area contributed by atoms with Crippen LogP contribution < -0.4 is 0 Å². The zero-order chi connectivity index (χ0) is 16.2. The lowest BCUT2D eigenvalue weighted by Gasteiger charge is -2.04. The first-order valence-electron chi connectivity index (χ1n) is 7.97. The standard InChI is InChI=1S/C21H17N3/c1-2-5-18(6-3-1)19-7-4-8-20(15-19)21-11-14-24(23-21)16-17-9-12-22-13-10-17/h1-15H,16H2. The summed E-state index contributed by atoms with van der Waals surface area (Å²) in [4.78, 5) is 4.05. The number of rotatable bonds is 4. The molecule has 0 radical (unpaired) electrons. The first-order chi connectivity index (χ1) is 11.9. The molecule has 4 aromatic rings. The highest BCUT2D eigenvalue weighted by atomic mass is 15.3. The molecular weight excluding hydrogens is 294 g/mol. The maximum Gasteiger partial charge on any atom is 0.0923 e. The van der Waals surface area contributed by atoms with Gasteiger partial charge in [0.15, 0.2) is 0 Å². The summed E-state index contributed by atoms with van der Waals surface area (Å²) in [5.41, 5.74) is 5.73. The Bertz CT molecular complexity index is 927. The number of hydrogen-bond acceptors (Lipinski definition) is 2. The fourth-order valence-corrected chi connectivity index (χ4v) is 2.77. The van der Waals surface area contributed by atoms with Crippen LogP contribution in [-0.4, -0.2) is 14.8 Å². The van der Waals surface area contributed by atoms with Crippen molar-refractivity contribution in [1.29, 1.82) is 0 Å². The molecule has 0 aliphatic rings. The van der Waals surface area contributed by atoms with Crippen LogP contribution in [0.4, 0.5) is 0 Å². The third kappa shape index (κ3) is 3.10. The van der Waals surface area contributed by atoms with Gasteiger partial charge in [-0.1, -0.05) is 48.5 Å². The Morgan fingerprint density at radius 2 is 1.46 bits per heavy atom. The van der Waals surface area contributed by atoms with Gasteiger partial charge >= 0.3 is 0 Å². The molecule has 24 heavy (non-hydrogen) atoms. The van der Waals surface area contributed by atoms with E-state index in [1.54, 1.807) is 0 Å². The van der Waals surface area contributed by atoms with Gasteiger partial charge in [0.25, 0.3) is 0 Å². The molecule has 0 fully saturated rings. The van der Waals surface area contributed by atoms with Crippen molar-refractivity contribution in [2.24, 2.45) is 0 Å². The van der Waals surface area contributed by atoms with Gasteiger partial charge in [-0.2, -0.15) is 5.10 Å². The SMILES string of the molecule is c1ccc(-c2cccc(-c3ccn(Cc4ccncc4)n3)c2)cc1. The molecule has 116 valence electrons. The molecule has 0 saturated heterocycles. The second kappa shape index (κ2) is 6.50. The Labute approximate surface area is 141 Å². The fraction of sp³-hybridized carbons (Fsp3) is 0.0476. The van der Waals surface area contributed by atoms with Gasteiger partial charge in [0.05, 0.1) is 12.2 Å². The van der Waals surface area contributed by atoms with Gasteiger partial charge in [-0.25, -0.2) is 0 Å². The molecule has 2 aromatic carbocycles. The summed E-state index contributed by atoms with van der Waals surface area (Å²) in [7, 11) is 0. The van der Waals surface area contributed by atoms with E-state index < -0.39 is 0 Å². The Morgan fingerprint density at radius 3 is 2.29 bits per heavy atom. The molecule has 0 amide bonds. The largest absolute Gasteiger partial charge is 0.268 e. The molecule has 0 bridgehead atoms. The van der Waals surface area contributed by atoms with E-state index in [-0.39, 0.29) is 0 Å². The smallest absolute Gasteiger partial charge is 0.0923 e. The lowest BCUT2D eigenvalue weighted by atomic mass is 10.0. The van der Waals surface area contributed by atoms with E-state index in [0.29, 0.717) is 0 Å². The molecule has 4 rings (SSSR count). The number of nitrogens with zero attached hydrogens (tertiary/aromatic N) is 3. The minimum absolute atomic E-state index is 0.751. The van der Waals surface area contributed by atoms with Crippen molar-refractivity contribution in [1.82, 2.24) is 14.8 Å². The summed E-state index contributed by atoms with van der Waals surface area (Å²) in [5.74, 6) is 0. The van der Waals surface area contributed by atoms with E-state index in [9.17, 15) is 0 Å². The number of pyridine rings is 1. The van der Waals surface area contributed by atoms with Crippen molar-refractivity contribution < 1.29 is 0 Å². The highest BCUT2D eigenvalue weighted by Crippen LogP contribution is 2.25. The molecule has 0 unspecified atom stereocenters. The van der Waals surface area contributed by atoms with Gasteiger partial charge in [0.2, 0.25) is 0 Å². The van der Waals surface area contributed by atoms with E-state index in [1.807, 2.05) is 41.5 Å². The predicted octanol–water partition coefficient (Wildman–Crippen LogP) is 4.66. The zero-order valence-corrected chi connectivity index (χ0v) is 13.2. The van der Waals surface area contributed by atoms with Crippen LogP contribution >= 0.6 is 0 Å². The molecule has 3 heteroatoms. The molecular formula is C21H17N3. The summed E-state index contributed by atoms with van der Waals surface area (Å²) in [6, 6.07) is 25.0. The molecule has 3 nitrogen and oxygen atoms in total. The van der Waals surface area contributed by atoms with Gasteiger partial charge in [-0.3, -0.25) is 9.67 Å². The van der Waals surface area contributed by atoms with Gasteiger partial charge in [-0.15, -0.1) is 0 Å². The molecule has 0 aliphatic carbocycles. The topological polar surface area (TPSA) is 30.7 Å². The van der Waals surface area contributed by atoms with Gasteiger partial charge in [0, 0.05) is 24.2 Å². The van der Waals surface area contributed by atoms with Crippen LogP contribution in [-0.2, 0) is 6.54 Å². The summed E-state index contributed by atoms with van der Waals surface area (Å²) >= 11 is 0. The van der Waals surface area contributed by atoms with Crippen LogP contribution in [0.2, 0.25) is 0 Å². The van der Waals surface area contributed by atoms with Gasteiger partial charge < -0.3 is 0 Å². The molecule has 0 atom stereocenters. The highest BCUT2D eigenvalue weighted by molar-refractivity contribution is 5.71. The number of hydrogen-bond donors (Lipinski definition) is 0. The summed E-state index contributed by atoms with van der Waals surface area (Å²) in [5, 5.41) is 4.71. The quantitative estimate of drug-likeness (QED) is 0.549. The molecule has 0 saturated carbocycles. The summed E-state index contributed by atoms with van der Waals surface area (Å²) in [6.07, 6.45) is 5.64. The Kier molecular flexibility index (Phi) is 3.90. The average Bonchev–Trinajstić information content (AvgIpc) is 3.12. The molecule has 0 spiro atoms. The first kappa shape index (κ1) is 14.4. The average molecular weight is 311 g/mol. The van der Waals surface area contributed by atoms with Crippen molar-refractivity contribution in [2.45, 2.75) is 6.54 Å². The van der Waals surface area contributed by atoms with E-state index >= 15 is 0 Å². The van der Waals surface area contributed by atoms with Crippen molar-refractivity contribution in [3.8, 4) is 22.4 Å². The number of benzene rings is 2. The van der Waals surface area contributed by atoms with E-state index in [4.69, 9.17) is 5.10 Å². The van der Waals surface area contributed by atoms with Gasteiger partial charge in [-0.05, 0) is 41.0 Å². The summed E-state index contributed by atoms with van der Waals surface area (Å²) in [6.45, 7) is 0.751. The van der Waals surface area contributed by atoms with E-state index in [0.717, 1.165) is 17.8 Å². The van der Waals surface area contributed by atoms with Crippen molar-refractivity contribution in [2.75, 3.05) is 0 Å². The second-order valence-corrected chi connectivity index (χ2v) is 5.70. The molecule has 0 aliphatic heterocycles. The van der Waals surface area contributed by atoms with E-state index in [2.05, 4.69) is 59.6 Å². The van der Waals surface area contributed by atoms with Crippen molar-refractivity contribution in [3.63, 3.8) is 0 Å². The monoisotopic (exact) mass is 311 g/mol. The minimum Gasteiger partial charge on any atom is -0.268 e. The van der Waals surface area contributed by atoms with Crippen LogP contribution in [0.3, 0.4) is 0 Å². The minimum atomic E-state index is 0.751. The van der Waals surface area contributed by atoms with Crippen molar-refractivity contribution in [3.05, 3.63) is 97.0 Å². The molecule has 0 N–H and O–H groups in total. The van der Waals surface area contributed by atoms with Crippen LogP contribution in [0.25, 0.3) is 22.4 Å². The lowest BCUT2D eigenvalue weighted by Crippen LogP contribution is -2.00. The molecule has 2 heterocycles. The van der Waals surface area contributed by atoms with E-state index in [1.165, 1.54) is 16.7 Å². The number of aromatic nitrogens is 3. The Balaban J connectivity index is 1.61. The third-order valence-electron chi connectivity index (χ3n) is 4.00. The van der Waals surface area contributed by atoms with Gasteiger partial charge in [0.1, 0.15) is 0 Å². The van der Waals surface area contributed by atoms with Crippen LogP contribution in [0.5, 0.6) is 0 Å². The zero-order valence-electron chi connectivity index (χ0n) is 13.2. The normalized spacial score (nSPS) is 10.7.